The van der Waals surface area contributed by atoms with Gasteiger partial charge in [0.2, 0.25) is 0 Å². The Labute approximate surface area is 118 Å². The van der Waals surface area contributed by atoms with Gasteiger partial charge in [-0.05, 0) is 25.3 Å². The molecule has 17 heavy (non-hydrogen) atoms. The fraction of sp³-hybridized carbons (Fsp3) is 0.583. The SMILES string of the molecule is CC(C)CC(C)N(C)c1nc(Cl)c(Cl)cc1Cl. The van der Waals surface area contributed by atoms with Gasteiger partial charge in [-0.1, -0.05) is 48.7 Å². The van der Waals surface area contributed by atoms with E-state index in [-0.39, 0.29) is 5.15 Å². The Kier molecular flexibility index (Phi) is 5.36. The molecule has 0 bridgehead atoms. The van der Waals surface area contributed by atoms with Gasteiger partial charge in [0, 0.05) is 13.1 Å². The zero-order chi connectivity index (χ0) is 13.2. The summed E-state index contributed by atoms with van der Waals surface area (Å²) in [6.45, 7) is 6.52. The van der Waals surface area contributed by atoms with Crippen LogP contribution in [0.5, 0.6) is 0 Å². The number of rotatable bonds is 4. The minimum absolute atomic E-state index is 0.287. The van der Waals surface area contributed by atoms with E-state index in [4.69, 9.17) is 34.8 Å². The summed E-state index contributed by atoms with van der Waals surface area (Å²) in [5.41, 5.74) is 0. The van der Waals surface area contributed by atoms with Crippen molar-refractivity contribution in [3.8, 4) is 0 Å². The highest BCUT2D eigenvalue weighted by Gasteiger charge is 2.17. The molecule has 0 amide bonds. The molecule has 0 saturated carbocycles. The quantitative estimate of drug-likeness (QED) is 0.734. The van der Waals surface area contributed by atoms with Crippen LogP contribution in [0, 0.1) is 5.92 Å². The molecule has 96 valence electrons. The van der Waals surface area contributed by atoms with E-state index in [1.54, 1.807) is 6.07 Å². The first-order valence-corrected chi connectivity index (χ1v) is 6.70. The van der Waals surface area contributed by atoms with Crippen molar-refractivity contribution in [2.45, 2.75) is 33.2 Å². The third-order valence-electron chi connectivity index (χ3n) is 2.68. The van der Waals surface area contributed by atoms with Crippen molar-refractivity contribution in [1.82, 2.24) is 4.98 Å². The second-order valence-corrected chi connectivity index (χ2v) is 5.83. The van der Waals surface area contributed by atoms with Crippen LogP contribution in [-0.2, 0) is 0 Å². The van der Waals surface area contributed by atoms with Gasteiger partial charge >= 0.3 is 0 Å². The van der Waals surface area contributed by atoms with E-state index in [0.717, 1.165) is 6.42 Å². The monoisotopic (exact) mass is 294 g/mol. The van der Waals surface area contributed by atoms with Crippen molar-refractivity contribution in [2.75, 3.05) is 11.9 Å². The molecule has 2 nitrogen and oxygen atoms in total. The van der Waals surface area contributed by atoms with Gasteiger partial charge in [0.15, 0.2) is 0 Å². The number of anilines is 1. The highest BCUT2D eigenvalue weighted by atomic mass is 35.5. The maximum Gasteiger partial charge on any atom is 0.150 e. The van der Waals surface area contributed by atoms with Crippen LogP contribution in [0.3, 0.4) is 0 Å². The maximum atomic E-state index is 6.13. The molecule has 1 rings (SSSR count). The van der Waals surface area contributed by atoms with Crippen LogP contribution in [0.15, 0.2) is 6.07 Å². The first-order valence-electron chi connectivity index (χ1n) is 5.57. The average molecular weight is 296 g/mol. The lowest BCUT2D eigenvalue weighted by molar-refractivity contribution is 0.502. The summed E-state index contributed by atoms with van der Waals surface area (Å²) in [7, 11) is 1.96. The van der Waals surface area contributed by atoms with Gasteiger partial charge in [0.05, 0.1) is 10.0 Å². The van der Waals surface area contributed by atoms with Crippen LogP contribution < -0.4 is 4.90 Å². The average Bonchev–Trinajstić information content (AvgIpc) is 2.21. The van der Waals surface area contributed by atoms with E-state index in [2.05, 4.69) is 25.8 Å². The van der Waals surface area contributed by atoms with Gasteiger partial charge in [-0.2, -0.15) is 0 Å². The molecule has 0 fully saturated rings. The molecular weight excluding hydrogens is 279 g/mol. The van der Waals surface area contributed by atoms with Crippen molar-refractivity contribution in [3.05, 3.63) is 21.3 Å². The van der Waals surface area contributed by atoms with Crippen molar-refractivity contribution in [1.29, 1.82) is 0 Å². The highest BCUT2D eigenvalue weighted by molar-refractivity contribution is 6.42. The minimum atomic E-state index is 0.287. The predicted octanol–water partition coefficient (Wildman–Crippen LogP) is 4.91. The molecule has 1 aromatic rings. The van der Waals surface area contributed by atoms with Gasteiger partial charge in [-0.3, -0.25) is 0 Å². The zero-order valence-corrected chi connectivity index (χ0v) is 12.7. The van der Waals surface area contributed by atoms with Crippen LogP contribution in [0.2, 0.25) is 15.2 Å². The summed E-state index contributed by atoms with van der Waals surface area (Å²) in [5, 5.41) is 1.19. The lowest BCUT2D eigenvalue weighted by Gasteiger charge is -2.28. The number of halogens is 3. The zero-order valence-electron chi connectivity index (χ0n) is 10.5. The fourth-order valence-electron chi connectivity index (χ4n) is 1.73. The van der Waals surface area contributed by atoms with Crippen LogP contribution in [0.25, 0.3) is 0 Å². The molecule has 1 unspecified atom stereocenters. The smallest absolute Gasteiger partial charge is 0.150 e. The second-order valence-electron chi connectivity index (χ2n) is 4.66. The van der Waals surface area contributed by atoms with Gasteiger partial charge in [-0.25, -0.2) is 4.98 Å². The molecule has 0 aromatic carbocycles. The molecule has 0 saturated heterocycles. The summed E-state index contributed by atoms with van der Waals surface area (Å²) >= 11 is 17.9. The Morgan fingerprint density at radius 1 is 1.18 bits per heavy atom. The molecule has 1 atom stereocenters. The topological polar surface area (TPSA) is 16.1 Å². The third kappa shape index (κ3) is 3.90. The predicted molar refractivity (Wildman–Crippen MR) is 76.6 cm³/mol. The minimum Gasteiger partial charge on any atom is -0.356 e. The van der Waals surface area contributed by atoms with Crippen molar-refractivity contribution in [3.63, 3.8) is 0 Å². The van der Waals surface area contributed by atoms with Crippen LogP contribution in [0.1, 0.15) is 27.2 Å². The summed E-state index contributed by atoms with van der Waals surface area (Å²) in [6.07, 6.45) is 1.06. The van der Waals surface area contributed by atoms with E-state index in [1.165, 1.54) is 0 Å². The summed E-state index contributed by atoms with van der Waals surface area (Å²) < 4.78 is 0. The standard InChI is InChI=1S/C12H17Cl3N2/c1-7(2)5-8(3)17(4)12-10(14)6-9(13)11(15)16-12/h6-8H,5H2,1-4H3. The number of hydrogen-bond acceptors (Lipinski definition) is 2. The molecule has 5 heteroatoms. The molecule has 0 aliphatic heterocycles. The Hall–Kier alpha value is -0.180. The van der Waals surface area contributed by atoms with Crippen molar-refractivity contribution < 1.29 is 0 Å². The number of hydrogen-bond donors (Lipinski definition) is 0. The molecular formula is C12H17Cl3N2. The second kappa shape index (κ2) is 6.12. The number of aromatic nitrogens is 1. The van der Waals surface area contributed by atoms with E-state index in [0.29, 0.717) is 27.8 Å². The summed E-state index contributed by atoms with van der Waals surface area (Å²) in [4.78, 5) is 6.26. The highest BCUT2D eigenvalue weighted by Crippen LogP contribution is 2.32. The van der Waals surface area contributed by atoms with E-state index in [9.17, 15) is 0 Å². The lowest BCUT2D eigenvalue weighted by Crippen LogP contribution is -2.31. The number of nitrogens with zero attached hydrogens (tertiary/aromatic N) is 2. The van der Waals surface area contributed by atoms with E-state index in [1.807, 2.05) is 11.9 Å². The number of pyridine rings is 1. The summed E-state index contributed by atoms with van der Waals surface area (Å²) in [5.74, 6) is 1.29. The lowest BCUT2D eigenvalue weighted by atomic mass is 10.0. The molecule has 0 aliphatic carbocycles. The van der Waals surface area contributed by atoms with E-state index >= 15 is 0 Å². The first kappa shape index (κ1) is 14.9. The Balaban J connectivity index is 2.95. The van der Waals surface area contributed by atoms with Gasteiger partial charge in [-0.15, -0.1) is 0 Å². The first-order chi connectivity index (χ1) is 7.82. The van der Waals surface area contributed by atoms with Crippen LogP contribution >= 0.6 is 34.8 Å². The molecule has 0 N–H and O–H groups in total. The molecule has 0 aliphatic rings. The largest absolute Gasteiger partial charge is 0.356 e. The fourth-order valence-corrected chi connectivity index (χ4v) is 2.36. The summed E-state index contributed by atoms with van der Waals surface area (Å²) in [6, 6.07) is 1.98. The van der Waals surface area contributed by atoms with Crippen molar-refractivity contribution in [2.24, 2.45) is 5.92 Å². The van der Waals surface area contributed by atoms with Gasteiger partial charge < -0.3 is 4.90 Å². The normalized spacial score (nSPS) is 12.9. The molecule has 1 heterocycles. The van der Waals surface area contributed by atoms with Gasteiger partial charge in [0.1, 0.15) is 11.0 Å². The van der Waals surface area contributed by atoms with Gasteiger partial charge in [0.25, 0.3) is 0 Å². The van der Waals surface area contributed by atoms with Crippen LogP contribution in [-0.4, -0.2) is 18.1 Å². The maximum absolute atomic E-state index is 6.13. The van der Waals surface area contributed by atoms with E-state index < -0.39 is 0 Å². The Bertz CT molecular complexity index is 394. The van der Waals surface area contributed by atoms with Crippen molar-refractivity contribution >= 4 is 40.6 Å². The molecule has 1 aromatic heterocycles. The third-order valence-corrected chi connectivity index (χ3v) is 3.63. The Morgan fingerprint density at radius 3 is 2.29 bits per heavy atom. The molecule has 0 radical (unpaired) electrons. The molecule has 0 spiro atoms. The Morgan fingerprint density at radius 2 is 1.76 bits per heavy atom. The van der Waals surface area contributed by atoms with Crippen LogP contribution in [0.4, 0.5) is 5.82 Å².